The van der Waals surface area contributed by atoms with Crippen molar-refractivity contribution in [2.24, 2.45) is 0 Å². The van der Waals surface area contributed by atoms with Crippen molar-refractivity contribution in [2.75, 3.05) is 17.1 Å². The molecule has 0 aromatic heterocycles. The number of hydrogen-bond donors (Lipinski definition) is 2. The summed E-state index contributed by atoms with van der Waals surface area (Å²) in [6.07, 6.45) is 0. The number of sulfonamides is 1. The standard InChI is InChI=1S/C22H22N2O4S/c1-15-9-12-21(28-3)20(13-15)24-29(26,27)18-10-11-19(16(2)14-18)23-22(25)17-7-5-4-6-8-17/h4-14,24H,1-3H3,(H,23,25). The molecule has 0 atom stereocenters. The zero-order valence-corrected chi connectivity index (χ0v) is 17.2. The first-order valence-electron chi connectivity index (χ1n) is 8.94. The van der Waals surface area contributed by atoms with Crippen molar-refractivity contribution in [1.82, 2.24) is 0 Å². The number of hydrogen-bond acceptors (Lipinski definition) is 4. The average Bonchev–Trinajstić information content (AvgIpc) is 2.70. The summed E-state index contributed by atoms with van der Waals surface area (Å²) in [4.78, 5) is 12.4. The van der Waals surface area contributed by atoms with Crippen LogP contribution in [0.15, 0.2) is 71.6 Å². The van der Waals surface area contributed by atoms with E-state index in [-0.39, 0.29) is 10.8 Å². The smallest absolute Gasteiger partial charge is 0.262 e. The van der Waals surface area contributed by atoms with Gasteiger partial charge in [-0.15, -0.1) is 0 Å². The molecule has 0 saturated carbocycles. The highest BCUT2D eigenvalue weighted by Gasteiger charge is 2.18. The van der Waals surface area contributed by atoms with Gasteiger partial charge < -0.3 is 10.1 Å². The summed E-state index contributed by atoms with van der Waals surface area (Å²) in [5.41, 5.74) is 2.97. The maximum Gasteiger partial charge on any atom is 0.262 e. The lowest BCUT2D eigenvalue weighted by Crippen LogP contribution is -2.15. The molecule has 0 aliphatic carbocycles. The van der Waals surface area contributed by atoms with E-state index < -0.39 is 10.0 Å². The Morgan fingerprint density at radius 3 is 2.28 bits per heavy atom. The molecule has 2 N–H and O–H groups in total. The monoisotopic (exact) mass is 410 g/mol. The number of methoxy groups -OCH3 is 1. The maximum atomic E-state index is 12.8. The van der Waals surface area contributed by atoms with Crippen LogP contribution in [0.2, 0.25) is 0 Å². The van der Waals surface area contributed by atoms with Crippen molar-refractivity contribution in [1.29, 1.82) is 0 Å². The molecule has 150 valence electrons. The van der Waals surface area contributed by atoms with Crippen molar-refractivity contribution in [2.45, 2.75) is 18.7 Å². The second-order valence-corrected chi connectivity index (χ2v) is 8.29. The van der Waals surface area contributed by atoms with E-state index in [1.54, 1.807) is 49.4 Å². The van der Waals surface area contributed by atoms with Crippen LogP contribution in [0.3, 0.4) is 0 Å². The van der Waals surface area contributed by atoms with E-state index in [9.17, 15) is 13.2 Å². The van der Waals surface area contributed by atoms with Gasteiger partial charge in [0, 0.05) is 11.3 Å². The second-order valence-electron chi connectivity index (χ2n) is 6.61. The maximum absolute atomic E-state index is 12.8. The average molecular weight is 410 g/mol. The Morgan fingerprint density at radius 2 is 1.62 bits per heavy atom. The zero-order chi connectivity index (χ0) is 21.0. The molecule has 0 aliphatic rings. The van der Waals surface area contributed by atoms with E-state index in [0.717, 1.165) is 5.56 Å². The predicted molar refractivity (Wildman–Crippen MR) is 114 cm³/mol. The fourth-order valence-corrected chi connectivity index (χ4v) is 3.98. The van der Waals surface area contributed by atoms with Gasteiger partial charge in [0.1, 0.15) is 5.75 Å². The summed E-state index contributed by atoms with van der Waals surface area (Å²) in [6.45, 7) is 3.61. The molecule has 6 nitrogen and oxygen atoms in total. The van der Waals surface area contributed by atoms with Gasteiger partial charge in [0.15, 0.2) is 0 Å². The first kappa shape index (κ1) is 20.4. The molecule has 29 heavy (non-hydrogen) atoms. The molecular weight excluding hydrogens is 388 g/mol. The highest BCUT2D eigenvalue weighted by molar-refractivity contribution is 7.92. The SMILES string of the molecule is COc1ccc(C)cc1NS(=O)(=O)c1ccc(NC(=O)c2ccccc2)c(C)c1. The molecule has 3 aromatic carbocycles. The van der Waals surface area contributed by atoms with Crippen LogP contribution < -0.4 is 14.8 Å². The summed E-state index contributed by atoms with van der Waals surface area (Å²) in [5.74, 6) is 0.176. The fraction of sp³-hybridized carbons (Fsp3) is 0.136. The van der Waals surface area contributed by atoms with Gasteiger partial charge in [-0.2, -0.15) is 0 Å². The second kappa shape index (κ2) is 8.36. The van der Waals surface area contributed by atoms with Crippen molar-refractivity contribution in [3.8, 4) is 5.75 Å². The summed E-state index contributed by atoms with van der Waals surface area (Å²) < 4.78 is 33.5. The molecule has 3 rings (SSSR count). The zero-order valence-electron chi connectivity index (χ0n) is 16.4. The van der Waals surface area contributed by atoms with Gasteiger partial charge in [-0.1, -0.05) is 24.3 Å². The summed E-state index contributed by atoms with van der Waals surface area (Å²) in [5, 5.41) is 2.81. The highest BCUT2D eigenvalue weighted by atomic mass is 32.2. The Bertz CT molecular complexity index is 1140. The van der Waals surface area contributed by atoms with Crippen molar-refractivity contribution < 1.29 is 17.9 Å². The first-order valence-corrected chi connectivity index (χ1v) is 10.4. The van der Waals surface area contributed by atoms with E-state index in [1.807, 2.05) is 19.1 Å². The largest absolute Gasteiger partial charge is 0.495 e. The Kier molecular flexibility index (Phi) is 5.89. The molecular formula is C22H22N2O4S. The molecule has 0 saturated heterocycles. The lowest BCUT2D eigenvalue weighted by atomic mass is 10.1. The Morgan fingerprint density at radius 1 is 0.897 bits per heavy atom. The molecule has 0 fully saturated rings. The van der Waals surface area contributed by atoms with E-state index in [2.05, 4.69) is 10.0 Å². The van der Waals surface area contributed by atoms with E-state index >= 15 is 0 Å². The molecule has 3 aromatic rings. The molecule has 0 bridgehead atoms. The normalized spacial score (nSPS) is 11.0. The number of carbonyl (C=O) groups is 1. The van der Waals surface area contributed by atoms with Crippen LogP contribution in [0.4, 0.5) is 11.4 Å². The van der Waals surface area contributed by atoms with Gasteiger partial charge in [-0.3, -0.25) is 9.52 Å². The predicted octanol–water partition coefficient (Wildman–Crippen LogP) is 4.37. The van der Waals surface area contributed by atoms with Crippen LogP contribution in [0, 0.1) is 13.8 Å². The minimum atomic E-state index is -3.83. The molecule has 0 unspecified atom stereocenters. The Hall–Kier alpha value is -3.32. The van der Waals surface area contributed by atoms with Crippen molar-refractivity contribution in [3.05, 3.63) is 83.4 Å². The quantitative estimate of drug-likeness (QED) is 0.632. The third-order valence-corrected chi connectivity index (χ3v) is 5.75. The number of nitrogens with one attached hydrogen (secondary N) is 2. The number of amides is 1. The minimum Gasteiger partial charge on any atom is -0.495 e. The molecule has 0 aliphatic heterocycles. The number of benzene rings is 3. The number of anilines is 2. The molecule has 0 heterocycles. The summed E-state index contributed by atoms with van der Waals surface area (Å²) in [6, 6.07) is 18.6. The number of carbonyl (C=O) groups excluding carboxylic acids is 1. The van der Waals surface area contributed by atoms with Crippen molar-refractivity contribution >= 4 is 27.3 Å². The topological polar surface area (TPSA) is 84.5 Å². The Labute approximate surface area is 170 Å². The number of rotatable bonds is 6. The van der Waals surface area contributed by atoms with Gasteiger partial charge in [0.2, 0.25) is 0 Å². The minimum absolute atomic E-state index is 0.0938. The van der Waals surface area contributed by atoms with E-state index in [0.29, 0.717) is 28.3 Å². The molecule has 0 radical (unpaired) electrons. The number of ether oxygens (including phenoxy) is 1. The molecule has 1 amide bonds. The van der Waals surface area contributed by atoms with Gasteiger partial charge in [-0.25, -0.2) is 8.42 Å². The van der Waals surface area contributed by atoms with E-state index in [1.165, 1.54) is 19.2 Å². The van der Waals surface area contributed by atoms with Crippen molar-refractivity contribution in [3.63, 3.8) is 0 Å². The molecule has 7 heteroatoms. The van der Waals surface area contributed by atoms with Crippen LogP contribution >= 0.6 is 0 Å². The van der Waals surface area contributed by atoms with Crippen LogP contribution in [0.25, 0.3) is 0 Å². The highest BCUT2D eigenvalue weighted by Crippen LogP contribution is 2.29. The Balaban J connectivity index is 1.84. The van der Waals surface area contributed by atoms with Gasteiger partial charge in [-0.05, 0) is 67.4 Å². The summed E-state index contributed by atoms with van der Waals surface area (Å²) >= 11 is 0. The van der Waals surface area contributed by atoms with Crippen LogP contribution in [0.1, 0.15) is 21.5 Å². The van der Waals surface area contributed by atoms with Crippen LogP contribution in [-0.2, 0) is 10.0 Å². The van der Waals surface area contributed by atoms with Gasteiger partial charge >= 0.3 is 0 Å². The van der Waals surface area contributed by atoms with Crippen LogP contribution in [-0.4, -0.2) is 21.4 Å². The lowest BCUT2D eigenvalue weighted by Gasteiger charge is -2.14. The fourth-order valence-electron chi connectivity index (χ4n) is 2.83. The number of aryl methyl sites for hydroxylation is 2. The van der Waals surface area contributed by atoms with E-state index in [4.69, 9.17) is 4.74 Å². The third-order valence-electron chi connectivity index (χ3n) is 4.39. The van der Waals surface area contributed by atoms with Crippen LogP contribution in [0.5, 0.6) is 5.75 Å². The summed E-state index contributed by atoms with van der Waals surface area (Å²) in [7, 11) is -2.34. The lowest BCUT2D eigenvalue weighted by molar-refractivity contribution is 0.102. The first-order chi connectivity index (χ1) is 13.8. The third kappa shape index (κ3) is 4.75. The van der Waals surface area contributed by atoms with Gasteiger partial charge in [0.05, 0.1) is 17.7 Å². The van der Waals surface area contributed by atoms with Gasteiger partial charge in [0.25, 0.3) is 15.9 Å². The molecule has 0 spiro atoms.